The van der Waals surface area contributed by atoms with E-state index < -0.39 is 0 Å². The third-order valence-corrected chi connectivity index (χ3v) is 2.40. The minimum Gasteiger partial charge on any atom is -0.420 e. The van der Waals surface area contributed by atoms with E-state index in [0.29, 0.717) is 0 Å². The summed E-state index contributed by atoms with van der Waals surface area (Å²) >= 11 is 4.15. The molecule has 0 aromatic rings. The Labute approximate surface area is 79.5 Å². The molecular formula is C7H17BOS2. The van der Waals surface area contributed by atoms with Gasteiger partial charge in [-0.25, -0.2) is 0 Å². The highest BCUT2D eigenvalue weighted by Crippen LogP contribution is 2.22. The molecule has 11 heavy (non-hydrogen) atoms. The highest BCUT2D eigenvalue weighted by molar-refractivity contribution is 8.79. The van der Waals surface area contributed by atoms with Gasteiger partial charge < -0.3 is 4.65 Å². The number of hydrogen-bond acceptors (Lipinski definition) is 3. The van der Waals surface area contributed by atoms with E-state index in [9.17, 15) is 0 Å². The highest BCUT2D eigenvalue weighted by Gasteiger charge is 2.21. The molecule has 1 nitrogen and oxygen atoms in total. The predicted octanol–water partition coefficient (Wildman–Crippen LogP) is 3.28. The lowest BCUT2D eigenvalue weighted by atomic mass is 9.89. The summed E-state index contributed by atoms with van der Waals surface area (Å²) in [6.07, 6.45) is 2.46. The molecule has 0 rings (SSSR count). The van der Waals surface area contributed by atoms with Crippen LogP contribution >= 0.6 is 22.3 Å². The summed E-state index contributed by atoms with van der Waals surface area (Å²) in [6.45, 7) is 8.36. The summed E-state index contributed by atoms with van der Waals surface area (Å²) in [6, 6.07) is 0. The van der Waals surface area contributed by atoms with Crippen molar-refractivity contribution in [3.05, 3.63) is 0 Å². The van der Waals surface area contributed by atoms with Crippen molar-refractivity contribution in [2.75, 3.05) is 0 Å². The molecule has 0 atom stereocenters. The molecule has 0 heterocycles. The van der Waals surface area contributed by atoms with Crippen molar-refractivity contribution in [2.45, 2.75) is 46.0 Å². The van der Waals surface area contributed by atoms with Crippen LogP contribution in [0, 0.1) is 0 Å². The first-order valence-corrected chi connectivity index (χ1v) is 5.91. The molecule has 0 saturated heterocycles. The van der Waals surface area contributed by atoms with Gasteiger partial charge in [0.2, 0.25) is 0 Å². The van der Waals surface area contributed by atoms with Gasteiger partial charge in [-0.2, -0.15) is 0 Å². The minimum atomic E-state index is -0.0461. The molecule has 66 valence electrons. The summed E-state index contributed by atoms with van der Waals surface area (Å²) in [4.78, 5) is 0. The Hall–Kier alpha value is 0.725. The van der Waals surface area contributed by atoms with Crippen LogP contribution < -0.4 is 0 Å². The molecule has 0 spiro atoms. The van der Waals surface area contributed by atoms with Crippen molar-refractivity contribution in [2.24, 2.45) is 0 Å². The average molecular weight is 192 g/mol. The van der Waals surface area contributed by atoms with Gasteiger partial charge in [0.1, 0.15) is 0 Å². The van der Waals surface area contributed by atoms with E-state index in [4.69, 9.17) is 4.65 Å². The Bertz CT molecular complexity index is 103. The Morgan fingerprint density at radius 3 is 2.27 bits per heavy atom. The highest BCUT2D eigenvalue weighted by atomic mass is 33.1. The zero-order valence-electron chi connectivity index (χ0n) is 7.76. The molecule has 0 saturated carbocycles. The Morgan fingerprint density at radius 1 is 1.45 bits per heavy atom. The van der Waals surface area contributed by atoms with Gasteiger partial charge in [-0.05, 0) is 27.1 Å². The Kier molecular flexibility index (Phi) is 5.74. The molecule has 0 amide bonds. The average Bonchev–Trinajstić information content (AvgIpc) is 1.84. The van der Waals surface area contributed by atoms with E-state index >= 15 is 0 Å². The fourth-order valence-electron chi connectivity index (χ4n) is 0.763. The van der Waals surface area contributed by atoms with Gasteiger partial charge in [0.25, 0.3) is 0 Å². The molecular weight excluding hydrogens is 175 g/mol. The molecule has 0 bridgehead atoms. The second-order valence-electron chi connectivity index (χ2n) is 3.55. The SMILES string of the molecule is CCCB(OC(C)(C)C)SS. The van der Waals surface area contributed by atoms with Crippen molar-refractivity contribution in [1.29, 1.82) is 0 Å². The van der Waals surface area contributed by atoms with Crippen molar-refractivity contribution in [3.8, 4) is 0 Å². The maximum absolute atomic E-state index is 5.71. The smallest absolute Gasteiger partial charge is 0.372 e. The molecule has 0 radical (unpaired) electrons. The molecule has 0 aromatic heterocycles. The van der Waals surface area contributed by atoms with Crippen LogP contribution in [0.3, 0.4) is 0 Å². The fraction of sp³-hybridized carbons (Fsp3) is 1.00. The fourth-order valence-corrected chi connectivity index (χ4v) is 1.88. The molecule has 4 heteroatoms. The van der Waals surface area contributed by atoms with Gasteiger partial charge in [-0.3, -0.25) is 0 Å². The predicted molar refractivity (Wildman–Crippen MR) is 58.3 cm³/mol. The second-order valence-corrected chi connectivity index (χ2v) is 4.92. The van der Waals surface area contributed by atoms with E-state index in [-0.39, 0.29) is 11.8 Å². The van der Waals surface area contributed by atoms with Crippen molar-refractivity contribution in [3.63, 3.8) is 0 Å². The van der Waals surface area contributed by atoms with Crippen LogP contribution in [-0.4, -0.2) is 11.8 Å². The van der Waals surface area contributed by atoms with Crippen molar-refractivity contribution >= 4 is 28.5 Å². The van der Waals surface area contributed by atoms with Gasteiger partial charge >= 0.3 is 6.19 Å². The second kappa shape index (κ2) is 5.38. The van der Waals surface area contributed by atoms with Crippen LogP contribution in [0.4, 0.5) is 0 Å². The van der Waals surface area contributed by atoms with Crippen LogP contribution in [0.2, 0.25) is 6.32 Å². The Morgan fingerprint density at radius 2 is 2.00 bits per heavy atom. The van der Waals surface area contributed by atoms with Gasteiger partial charge in [-0.1, -0.05) is 13.3 Å². The van der Waals surface area contributed by atoms with Gasteiger partial charge in [0.15, 0.2) is 0 Å². The van der Waals surface area contributed by atoms with E-state index in [0.717, 1.165) is 12.7 Å². The normalized spacial score (nSPS) is 11.7. The van der Waals surface area contributed by atoms with Crippen LogP contribution in [0.15, 0.2) is 0 Å². The molecule has 0 aromatic carbocycles. The van der Waals surface area contributed by atoms with Crippen LogP contribution in [0.5, 0.6) is 0 Å². The third-order valence-electron chi connectivity index (χ3n) is 1.13. The molecule has 0 fully saturated rings. The lowest BCUT2D eigenvalue weighted by Gasteiger charge is -2.23. The van der Waals surface area contributed by atoms with Gasteiger partial charge in [0, 0.05) is 5.60 Å². The summed E-state index contributed by atoms with van der Waals surface area (Å²) < 4.78 is 5.71. The maximum atomic E-state index is 5.71. The third kappa shape index (κ3) is 7.10. The number of thiol groups is 1. The summed E-state index contributed by atoms with van der Waals surface area (Å²) in [5.41, 5.74) is -0.0461. The molecule has 0 aliphatic heterocycles. The lowest BCUT2D eigenvalue weighted by Crippen LogP contribution is -2.27. The quantitative estimate of drug-likeness (QED) is 0.416. The maximum Gasteiger partial charge on any atom is 0.372 e. The first kappa shape index (κ1) is 11.7. The molecule has 0 aliphatic rings. The summed E-state index contributed by atoms with van der Waals surface area (Å²) in [7, 11) is 1.49. The zero-order valence-corrected chi connectivity index (χ0v) is 9.47. The van der Waals surface area contributed by atoms with E-state index in [1.54, 1.807) is 0 Å². The lowest BCUT2D eigenvalue weighted by molar-refractivity contribution is 0.135. The van der Waals surface area contributed by atoms with E-state index in [2.05, 4.69) is 39.4 Å². The summed E-state index contributed by atoms with van der Waals surface area (Å²) in [5.74, 6) is 0. The monoisotopic (exact) mass is 192 g/mol. The standard InChI is InChI=1S/C7H17BOS2/c1-5-6-8(11-10)9-7(2,3)4/h10H,5-6H2,1-4H3. The van der Waals surface area contributed by atoms with Crippen LogP contribution in [0.25, 0.3) is 0 Å². The summed E-state index contributed by atoms with van der Waals surface area (Å²) in [5, 5.41) is 0. The Balaban J connectivity index is 3.68. The van der Waals surface area contributed by atoms with Crippen molar-refractivity contribution in [1.82, 2.24) is 0 Å². The number of rotatable bonds is 4. The largest absolute Gasteiger partial charge is 0.420 e. The first-order valence-electron chi connectivity index (χ1n) is 3.97. The van der Waals surface area contributed by atoms with E-state index in [1.807, 2.05) is 0 Å². The van der Waals surface area contributed by atoms with Gasteiger partial charge in [0.05, 0.1) is 0 Å². The zero-order chi connectivity index (χ0) is 8.91. The molecule has 0 unspecified atom stereocenters. The van der Waals surface area contributed by atoms with E-state index in [1.165, 1.54) is 10.6 Å². The van der Waals surface area contributed by atoms with Gasteiger partial charge in [-0.15, -0.1) is 22.3 Å². The first-order chi connectivity index (χ1) is 4.99. The van der Waals surface area contributed by atoms with Crippen LogP contribution in [-0.2, 0) is 4.65 Å². The molecule has 0 aliphatic carbocycles. The van der Waals surface area contributed by atoms with Crippen molar-refractivity contribution < 1.29 is 4.65 Å². The minimum absolute atomic E-state index is 0.0461. The van der Waals surface area contributed by atoms with Crippen LogP contribution in [0.1, 0.15) is 34.1 Å². The number of hydrogen-bond donors (Lipinski definition) is 1. The molecule has 0 N–H and O–H groups in total. The topological polar surface area (TPSA) is 9.23 Å².